The molecule has 5 heteroatoms. The van der Waals surface area contributed by atoms with Gasteiger partial charge in [-0.05, 0) is 5.92 Å². The SMILES string of the molecule is COC(=O)C(C(=O)C1CSC(C)C(C)S1)C(C)C. The fourth-order valence-corrected chi connectivity index (χ4v) is 4.89. The second kappa shape index (κ2) is 6.85. The van der Waals surface area contributed by atoms with Crippen molar-refractivity contribution in [3.63, 3.8) is 0 Å². The number of ether oxygens (including phenoxy) is 1. The van der Waals surface area contributed by atoms with Crippen LogP contribution in [0, 0.1) is 11.8 Å². The molecule has 1 aliphatic rings. The zero-order valence-electron chi connectivity index (χ0n) is 11.6. The molecule has 1 aliphatic heterocycles. The highest BCUT2D eigenvalue weighted by Gasteiger charge is 2.39. The van der Waals surface area contributed by atoms with Gasteiger partial charge in [0, 0.05) is 16.3 Å². The van der Waals surface area contributed by atoms with Crippen LogP contribution >= 0.6 is 23.5 Å². The zero-order valence-corrected chi connectivity index (χ0v) is 13.3. The van der Waals surface area contributed by atoms with Crippen LogP contribution in [-0.4, -0.2) is 40.4 Å². The van der Waals surface area contributed by atoms with Crippen molar-refractivity contribution in [3.05, 3.63) is 0 Å². The highest BCUT2D eigenvalue weighted by atomic mass is 32.2. The summed E-state index contributed by atoms with van der Waals surface area (Å²) in [6, 6.07) is 0. The predicted molar refractivity (Wildman–Crippen MR) is 78.1 cm³/mol. The first kappa shape index (κ1) is 15.9. The van der Waals surface area contributed by atoms with Crippen LogP contribution in [0.5, 0.6) is 0 Å². The summed E-state index contributed by atoms with van der Waals surface area (Å²) in [5, 5.41) is 0.936. The quantitative estimate of drug-likeness (QED) is 0.588. The lowest BCUT2D eigenvalue weighted by atomic mass is 9.90. The van der Waals surface area contributed by atoms with E-state index in [1.165, 1.54) is 7.11 Å². The Labute approximate surface area is 118 Å². The molecule has 0 bridgehead atoms. The summed E-state index contributed by atoms with van der Waals surface area (Å²) in [7, 11) is 1.35. The van der Waals surface area contributed by atoms with E-state index in [2.05, 4.69) is 13.8 Å². The van der Waals surface area contributed by atoms with Crippen molar-refractivity contribution < 1.29 is 14.3 Å². The minimum absolute atomic E-state index is 0.00907. The third kappa shape index (κ3) is 3.67. The molecule has 104 valence electrons. The normalized spacial score (nSPS) is 30.0. The number of esters is 1. The van der Waals surface area contributed by atoms with Crippen molar-refractivity contribution in [2.24, 2.45) is 11.8 Å². The maximum Gasteiger partial charge on any atom is 0.316 e. The highest BCUT2D eigenvalue weighted by Crippen LogP contribution is 2.37. The average Bonchev–Trinajstić information content (AvgIpc) is 2.32. The van der Waals surface area contributed by atoms with E-state index in [1.807, 2.05) is 25.6 Å². The fraction of sp³-hybridized carbons (Fsp3) is 0.846. The second-order valence-corrected chi connectivity index (χ2v) is 8.01. The first-order valence-electron chi connectivity index (χ1n) is 6.27. The molecule has 0 aliphatic carbocycles. The van der Waals surface area contributed by atoms with E-state index < -0.39 is 11.9 Å². The first-order chi connectivity index (χ1) is 8.38. The van der Waals surface area contributed by atoms with Crippen molar-refractivity contribution in [1.82, 2.24) is 0 Å². The van der Waals surface area contributed by atoms with Crippen molar-refractivity contribution >= 4 is 35.3 Å². The Morgan fingerprint density at radius 1 is 1.22 bits per heavy atom. The van der Waals surface area contributed by atoms with Crippen LogP contribution in [0.25, 0.3) is 0 Å². The number of thioether (sulfide) groups is 2. The topological polar surface area (TPSA) is 43.4 Å². The smallest absolute Gasteiger partial charge is 0.316 e. The summed E-state index contributed by atoms with van der Waals surface area (Å²) in [5.74, 6) is -0.186. The third-order valence-electron chi connectivity index (χ3n) is 3.30. The molecule has 0 saturated carbocycles. The maximum atomic E-state index is 12.5. The van der Waals surface area contributed by atoms with Gasteiger partial charge < -0.3 is 4.74 Å². The molecular weight excluding hydrogens is 268 g/mol. The Morgan fingerprint density at radius 3 is 2.28 bits per heavy atom. The summed E-state index contributed by atoms with van der Waals surface area (Å²) in [5.41, 5.74) is 0. The molecule has 0 aromatic carbocycles. The Morgan fingerprint density at radius 2 is 1.83 bits per heavy atom. The summed E-state index contributed by atoms with van der Waals surface area (Å²) < 4.78 is 4.76. The van der Waals surface area contributed by atoms with Gasteiger partial charge in [0.15, 0.2) is 5.78 Å². The minimum atomic E-state index is -0.617. The van der Waals surface area contributed by atoms with Crippen molar-refractivity contribution in [2.75, 3.05) is 12.9 Å². The first-order valence-corrected chi connectivity index (χ1v) is 8.26. The van der Waals surface area contributed by atoms with E-state index in [0.29, 0.717) is 10.5 Å². The summed E-state index contributed by atoms with van der Waals surface area (Å²) in [6.07, 6.45) is 0. The molecule has 0 radical (unpaired) electrons. The van der Waals surface area contributed by atoms with Crippen molar-refractivity contribution in [3.8, 4) is 0 Å². The molecule has 18 heavy (non-hydrogen) atoms. The fourth-order valence-electron chi connectivity index (χ4n) is 1.98. The molecule has 4 atom stereocenters. The second-order valence-electron chi connectivity index (χ2n) is 5.02. The molecule has 1 saturated heterocycles. The number of carbonyl (C=O) groups excluding carboxylic acids is 2. The number of methoxy groups -OCH3 is 1. The Kier molecular flexibility index (Phi) is 6.05. The van der Waals surface area contributed by atoms with E-state index in [0.717, 1.165) is 5.75 Å². The predicted octanol–water partition coefficient (Wildman–Crippen LogP) is 2.63. The lowest BCUT2D eigenvalue weighted by Gasteiger charge is -2.32. The number of hydrogen-bond donors (Lipinski definition) is 0. The van der Waals surface area contributed by atoms with E-state index in [4.69, 9.17) is 4.74 Å². The third-order valence-corrected chi connectivity index (χ3v) is 6.70. The van der Waals surface area contributed by atoms with Gasteiger partial charge in [-0.1, -0.05) is 27.7 Å². The molecule has 3 nitrogen and oxygen atoms in total. The van der Waals surface area contributed by atoms with E-state index >= 15 is 0 Å². The zero-order chi connectivity index (χ0) is 13.9. The lowest BCUT2D eigenvalue weighted by molar-refractivity contribution is -0.151. The van der Waals surface area contributed by atoms with Crippen LogP contribution < -0.4 is 0 Å². The summed E-state index contributed by atoms with van der Waals surface area (Å²) >= 11 is 3.52. The molecule has 1 fully saturated rings. The molecule has 1 heterocycles. The van der Waals surface area contributed by atoms with Gasteiger partial charge in [-0.25, -0.2) is 0 Å². The molecular formula is C13H22O3S2. The van der Waals surface area contributed by atoms with Crippen LogP contribution in [0.2, 0.25) is 0 Å². The highest BCUT2D eigenvalue weighted by molar-refractivity contribution is 8.08. The maximum absolute atomic E-state index is 12.5. The van der Waals surface area contributed by atoms with Crippen LogP contribution in [0.1, 0.15) is 27.7 Å². The van der Waals surface area contributed by atoms with Gasteiger partial charge in [0.05, 0.1) is 12.4 Å². The van der Waals surface area contributed by atoms with Gasteiger partial charge in [-0.3, -0.25) is 9.59 Å². The molecule has 0 aromatic heterocycles. The van der Waals surface area contributed by atoms with Gasteiger partial charge >= 0.3 is 5.97 Å². The number of Topliss-reactive ketones (excluding diaryl/α,β-unsaturated/α-hetero) is 1. The van der Waals surface area contributed by atoms with Crippen molar-refractivity contribution in [2.45, 2.75) is 43.4 Å². The molecule has 0 N–H and O–H groups in total. The number of carbonyl (C=O) groups is 2. The molecule has 1 rings (SSSR count). The van der Waals surface area contributed by atoms with Gasteiger partial charge in [0.1, 0.15) is 5.92 Å². The Bertz CT molecular complexity index is 317. The van der Waals surface area contributed by atoms with Crippen LogP contribution in [0.3, 0.4) is 0 Å². The molecule has 0 amide bonds. The molecule has 0 aromatic rings. The van der Waals surface area contributed by atoms with Crippen molar-refractivity contribution in [1.29, 1.82) is 0 Å². The van der Waals surface area contributed by atoms with E-state index in [1.54, 1.807) is 11.8 Å². The molecule has 0 spiro atoms. The van der Waals surface area contributed by atoms with Crippen LogP contribution in [0.4, 0.5) is 0 Å². The number of ketones is 1. The van der Waals surface area contributed by atoms with E-state index in [9.17, 15) is 9.59 Å². The summed E-state index contributed by atoms with van der Waals surface area (Å²) in [6.45, 7) is 8.12. The van der Waals surface area contributed by atoms with Crippen LogP contribution in [-0.2, 0) is 14.3 Å². The lowest BCUT2D eigenvalue weighted by Crippen LogP contribution is -2.40. The summed E-state index contributed by atoms with van der Waals surface area (Å²) in [4.78, 5) is 24.2. The monoisotopic (exact) mass is 290 g/mol. The number of rotatable bonds is 4. The van der Waals surface area contributed by atoms with Crippen LogP contribution in [0.15, 0.2) is 0 Å². The Hall–Kier alpha value is -0.160. The van der Waals surface area contributed by atoms with E-state index in [-0.39, 0.29) is 17.0 Å². The molecule has 4 unspecified atom stereocenters. The van der Waals surface area contributed by atoms with Gasteiger partial charge in [0.25, 0.3) is 0 Å². The standard InChI is InChI=1S/C13H22O3S2/c1-7(2)11(13(15)16-5)12(14)10-6-17-8(3)9(4)18-10/h7-11H,6H2,1-5H3. The Balaban J connectivity index is 2.75. The van der Waals surface area contributed by atoms with Gasteiger partial charge in [0.2, 0.25) is 0 Å². The number of hydrogen-bond acceptors (Lipinski definition) is 5. The minimum Gasteiger partial charge on any atom is -0.468 e. The largest absolute Gasteiger partial charge is 0.468 e. The van der Waals surface area contributed by atoms with Gasteiger partial charge in [-0.15, -0.1) is 11.8 Å². The average molecular weight is 290 g/mol. The van der Waals surface area contributed by atoms with Gasteiger partial charge in [-0.2, -0.15) is 11.8 Å².